The van der Waals surface area contributed by atoms with E-state index in [1.54, 1.807) is 23.2 Å². The molecule has 0 bridgehead atoms. The fraction of sp³-hybridized carbons (Fsp3) is 0.267. The highest BCUT2D eigenvalue weighted by atomic mass is 19.1. The number of ether oxygens (including phenoxy) is 1. The molecule has 1 aromatic carbocycles. The van der Waals surface area contributed by atoms with Crippen molar-refractivity contribution in [2.24, 2.45) is 0 Å². The third-order valence-corrected chi connectivity index (χ3v) is 2.92. The number of benzene rings is 1. The van der Waals surface area contributed by atoms with Crippen LogP contribution in [0.2, 0.25) is 0 Å². The molecule has 1 amide bonds. The summed E-state index contributed by atoms with van der Waals surface area (Å²) in [4.78, 5) is 15.6. The lowest BCUT2D eigenvalue weighted by Gasteiger charge is -2.11. The molecule has 2 rings (SSSR count). The number of halogens is 1. The van der Waals surface area contributed by atoms with E-state index >= 15 is 0 Å². The van der Waals surface area contributed by atoms with Crippen LogP contribution in [0.25, 0.3) is 6.08 Å². The van der Waals surface area contributed by atoms with Gasteiger partial charge in [0.2, 0.25) is 5.91 Å². The lowest BCUT2D eigenvalue weighted by Crippen LogP contribution is -2.34. The number of carbonyl (C=O) groups excluding carboxylic acids is 1. The number of carbonyl (C=O) groups is 1. The fourth-order valence-corrected chi connectivity index (χ4v) is 1.90. The number of aromatic nitrogens is 3. The summed E-state index contributed by atoms with van der Waals surface area (Å²) in [6, 6.07) is 4.39. The highest BCUT2D eigenvalue weighted by Gasteiger charge is 2.06. The van der Waals surface area contributed by atoms with Gasteiger partial charge < -0.3 is 10.1 Å². The molecule has 0 aliphatic rings. The number of rotatable bonds is 6. The topological polar surface area (TPSA) is 69.0 Å². The van der Waals surface area contributed by atoms with E-state index in [0.717, 1.165) is 0 Å². The third kappa shape index (κ3) is 4.41. The maximum atomic E-state index is 13.5. The minimum atomic E-state index is -0.468. The normalized spacial score (nSPS) is 12.3. The van der Waals surface area contributed by atoms with E-state index in [2.05, 4.69) is 15.4 Å². The summed E-state index contributed by atoms with van der Waals surface area (Å²) in [6.07, 6.45) is 5.92. The molecule has 1 aromatic heterocycles. The van der Waals surface area contributed by atoms with E-state index in [0.29, 0.717) is 12.1 Å². The van der Waals surface area contributed by atoms with Gasteiger partial charge in [-0.1, -0.05) is 6.07 Å². The molecule has 0 fully saturated rings. The van der Waals surface area contributed by atoms with Gasteiger partial charge in [-0.05, 0) is 30.7 Å². The molecule has 6 nitrogen and oxygen atoms in total. The van der Waals surface area contributed by atoms with Crippen LogP contribution in [0, 0.1) is 5.82 Å². The van der Waals surface area contributed by atoms with Gasteiger partial charge in [-0.3, -0.25) is 9.48 Å². The maximum Gasteiger partial charge on any atom is 0.244 e. The Morgan fingerprint density at radius 3 is 3.00 bits per heavy atom. The zero-order valence-electron chi connectivity index (χ0n) is 12.4. The van der Waals surface area contributed by atoms with Gasteiger partial charge in [0, 0.05) is 12.1 Å². The second-order valence-electron chi connectivity index (χ2n) is 4.75. The first-order chi connectivity index (χ1) is 10.6. The monoisotopic (exact) mass is 304 g/mol. The number of nitrogens with zero attached hydrogens (tertiary/aromatic N) is 3. The Balaban J connectivity index is 1.89. The van der Waals surface area contributed by atoms with Crippen molar-refractivity contribution in [2.75, 3.05) is 7.11 Å². The average molecular weight is 304 g/mol. The molecule has 1 atom stereocenters. The number of hydrogen-bond donors (Lipinski definition) is 1. The lowest BCUT2D eigenvalue weighted by molar-refractivity contribution is -0.117. The first kappa shape index (κ1) is 15.7. The number of amides is 1. The summed E-state index contributed by atoms with van der Waals surface area (Å²) in [5.41, 5.74) is 0.581. The van der Waals surface area contributed by atoms with Gasteiger partial charge in [-0.2, -0.15) is 5.10 Å². The van der Waals surface area contributed by atoms with Gasteiger partial charge >= 0.3 is 0 Å². The van der Waals surface area contributed by atoms with Crippen LogP contribution in [0.3, 0.4) is 0 Å². The smallest absolute Gasteiger partial charge is 0.244 e. The van der Waals surface area contributed by atoms with E-state index in [1.165, 1.54) is 31.6 Å². The van der Waals surface area contributed by atoms with Crippen LogP contribution in [0.4, 0.5) is 4.39 Å². The molecule has 7 heteroatoms. The van der Waals surface area contributed by atoms with Gasteiger partial charge in [-0.15, -0.1) is 0 Å². The molecule has 0 aliphatic carbocycles. The van der Waals surface area contributed by atoms with Crippen LogP contribution >= 0.6 is 0 Å². The number of nitrogens with one attached hydrogen (secondary N) is 1. The highest BCUT2D eigenvalue weighted by Crippen LogP contribution is 2.18. The van der Waals surface area contributed by atoms with Gasteiger partial charge in [0.1, 0.15) is 12.7 Å². The van der Waals surface area contributed by atoms with Crippen LogP contribution in [-0.4, -0.2) is 33.8 Å². The molecular formula is C15H17FN4O2. The van der Waals surface area contributed by atoms with Crippen LogP contribution in [0.15, 0.2) is 36.9 Å². The maximum absolute atomic E-state index is 13.5. The molecule has 0 radical (unpaired) electrons. The van der Waals surface area contributed by atoms with Crippen LogP contribution in [0.5, 0.6) is 5.75 Å². The molecule has 1 unspecified atom stereocenters. The summed E-state index contributed by atoms with van der Waals surface area (Å²) in [7, 11) is 1.40. The zero-order chi connectivity index (χ0) is 15.9. The van der Waals surface area contributed by atoms with Crippen LogP contribution < -0.4 is 10.1 Å². The molecule has 0 saturated heterocycles. The predicted molar refractivity (Wildman–Crippen MR) is 79.6 cm³/mol. The first-order valence-electron chi connectivity index (χ1n) is 6.73. The lowest BCUT2D eigenvalue weighted by atomic mass is 10.2. The minimum absolute atomic E-state index is 0.105. The Morgan fingerprint density at radius 2 is 2.36 bits per heavy atom. The van der Waals surface area contributed by atoms with E-state index in [1.807, 2.05) is 6.92 Å². The second-order valence-corrected chi connectivity index (χ2v) is 4.75. The molecule has 0 spiro atoms. The quantitative estimate of drug-likeness (QED) is 0.824. The Morgan fingerprint density at radius 1 is 1.55 bits per heavy atom. The largest absolute Gasteiger partial charge is 0.494 e. The predicted octanol–water partition coefficient (Wildman–Crippen LogP) is 1.64. The van der Waals surface area contributed by atoms with Crippen molar-refractivity contribution < 1.29 is 13.9 Å². The van der Waals surface area contributed by atoms with Crippen molar-refractivity contribution in [1.29, 1.82) is 0 Å². The molecular weight excluding hydrogens is 287 g/mol. The van der Waals surface area contributed by atoms with Crippen LogP contribution in [-0.2, 0) is 11.3 Å². The van der Waals surface area contributed by atoms with Gasteiger partial charge in [0.05, 0.1) is 13.7 Å². The van der Waals surface area contributed by atoms with E-state index in [4.69, 9.17) is 4.74 Å². The molecule has 22 heavy (non-hydrogen) atoms. The van der Waals surface area contributed by atoms with Crippen molar-refractivity contribution in [1.82, 2.24) is 20.1 Å². The van der Waals surface area contributed by atoms with Crippen molar-refractivity contribution in [2.45, 2.75) is 19.5 Å². The van der Waals surface area contributed by atoms with Crippen molar-refractivity contribution in [3.8, 4) is 5.75 Å². The van der Waals surface area contributed by atoms with Crippen molar-refractivity contribution in [3.05, 3.63) is 48.3 Å². The SMILES string of the molecule is COc1ccc(C=CC(=O)NC(C)Cn2cncn2)cc1F. The first-order valence-corrected chi connectivity index (χ1v) is 6.73. The van der Waals surface area contributed by atoms with Crippen molar-refractivity contribution >= 4 is 12.0 Å². The van der Waals surface area contributed by atoms with Gasteiger partial charge in [0.25, 0.3) is 0 Å². The van der Waals surface area contributed by atoms with Gasteiger partial charge in [0.15, 0.2) is 11.6 Å². The Bertz CT molecular complexity index is 656. The molecule has 2 aromatic rings. The standard InChI is InChI=1S/C15H17FN4O2/c1-11(8-20-10-17-9-18-20)19-15(21)6-4-12-3-5-14(22-2)13(16)7-12/h3-7,9-11H,8H2,1-2H3,(H,19,21). The Hall–Kier alpha value is -2.70. The average Bonchev–Trinajstić information content (AvgIpc) is 2.98. The minimum Gasteiger partial charge on any atom is -0.494 e. The summed E-state index contributed by atoms with van der Waals surface area (Å²) < 4.78 is 20.0. The van der Waals surface area contributed by atoms with E-state index in [9.17, 15) is 9.18 Å². The van der Waals surface area contributed by atoms with E-state index in [-0.39, 0.29) is 17.7 Å². The summed E-state index contributed by atoms with van der Waals surface area (Å²) in [5.74, 6) is -0.559. The van der Waals surface area contributed by atoms with Gasteiger partial charge in [-0.25, -0.2) is 9.37 Å². The summed E-state index contributed by atoms with van der Waals surface area (Å²) >= 11 is 0. The zero-order valence-corrected chi connectivity index (χ0v) is 12.4. The Kier molecular flexibility index (Phi) is 5.24. The third-order valence-electron chi connectivity index (χ3n) is 2.92. The molecule has 116 valence electrons. The van der Waals surface area contributed by atoms with E-state index < -0.39 is 5.82 Å². The molecule has 0 saturated carbocycles. The fourth-order valence-electron chi connectivity index (χ4n) is 1.90. The van der Waals surface area contributed by atoms with Crippen LogP contribution in [0.1, 0.15) is 12.5 Å². The summed E-state index contributed by atoms with van der Waals surface area (Å²) in [5, 5.41) is 6.76. The molecule has 1 heterocycles. The second kappa shape index (κ2) is 7.35. The molecule has 0 aliphatic heterocycles. The summed E-state index contributed by atoms with van der Waals surface area (Å²) in [6.45, 7) is 2.39. The van der Waals surface area contributed by atoms with Crippen molar-refractivity contribution in [3.63, 3.8) is 0 Å². The number of hydrogen-bond acceptors (Lipinski definition) is 4. The number of methoxy groups -OCH3 is 1. The Labute approximate surface area is 127 Å². The molecule has 1 N–H and O–H groups in total. The highest BCUT2D eigenvalue weighted by molar-refractivity contribution is 5.91.